The second-order valence-electron chi connectivity index (χ2n) is 6.03. The number of amides is 1. The van der Waals surface area contributed by atoms with E-state index in [2.05, 4.69) is 15.5 Å². The number of aromatic amines is 1. The summed E-state index contributed by atoms with van der Waals surface area (Å²) < 4.78 is 19.2. The number of anilines is 1. The van der Waals surface area contributed by atoms with Gasteiger partial charge in [-0.1, -0.05) is 11.6 Å². The summed E-state index contributed by atoms with van der Waals surface area (Å²) in [5, 5.41) is 9.63. The van der Waals surface area contributed by atoms with Crippen molar-refractivity contribution in [3.8, 4) is 11.3 Å². The molecule has 3 atom stereocenters. The maximum absolute atomic E-state index is 13.9. The van der Waals surface area contributed by atoms with Crippen LogP contribution in [0.5, 0.6) is 0 Å². The maximum Gasteiger partial charge on any atom is 0.229 e. The topological polar surface area (TPSA) is 67.0 Å². The minimum Gasteiger partial charge on any atom is -0.381 e. The molecule has 0 radical (unpaired) electrons. The summed E-state index contributed by atoms with van der Waals surface area (Å²) in [7, 11) is 0. The van der Waals surface area contributed by atoms with Crippen LogP contribution in [0.3, 0.4) is 0 Å². The van der Waals surface area contributed by atoms with Gasteiger partial charge in [0.2, 0.25) is 5.91 Å². The van der Waals surface area contributed by atoms with Crippen molar-refractivity contribution in [1.82, 2.24) is 10.2 Å². The molecule has 1 aromatic heterocycles. The van der Waals surface area contributed by atoms with Crippen LogP contribution in [0, 0.1) is 30.5 Å². The van der Waals surface area contributed by atoms with Gasteiger partial charge in [0, 0.05) is 17.5 Å². The zero-order chi connectivity index (χ0) is 15.3. The third-order valence-corrected chi connectivity index (χ3v) is 4.50. The van der Waals surface area contributed by atoms with Crippen molar-refractivity contribution in [3.63, 3.8) is 0 Å². The Balaban J connectivity index is 1.50. The van der Waals surface area contributed by atoms with E-state index in [0.717, 1.165) is 5.56 Å². The van der Waals surface area contributed by atoms with Gasteiger partial charge in [0.15, 0.2) is 5.82 Å². The molecule has 6 heteroatoms. The number of hydrogen-bond acceptors (Lipinski definition) is 3. The third kappa shape index (κ3) is 2.20. The van der Waals surface area contributed by atoms with Crippen molar-refractivity contribution >= 4 is 11.7 Å². The van der Waals surface area contributed by atoms with Gasteiger partial charge in [-0.3, -0.25) is 9.89 Å². The summed E-state index contributed by atoms with van der Waals surface area (Å²) in [6.07, 6.45) is 0. The second-order valence-corrected chi connectivity index (χ2v) is 6.03. The van der Waals surface area contributed by atoms with Crippen LogP contribution in [-0.2, 0) is 9.53 Å². The van der Waals surface area contributed by atoms with Crippen LogP contribution in [0.4, 0.5) is 10.2 Å². The molecule has 2 N–H and O–H groups in total. The van der Waals surface area contributed by atoms with Gasteiger partial charge in [0.05, 0.1) is 18.9 Å². The zero-order valence-corrected chi connectivity index (χ0v) is 12.1. The minimum absolute atomic E-state index is 0.0268. The molecule has 0 bridgehead atoms. The fourth-order valence-electron chi connectivity index (χ4n) is 3.21. The third-order valence-electron chi connectivity index (χ3n) is 4.50. The van der Waals surface area contributed by atoms with Gasteiger partial charge in [-0.25, -0.2) is 4.39 Å². The Morgan fingerprint density at radius 2 is 2.14 bits per heavy atom. The molecule has 1 aliphatic carbocycles. The number of nitrogens with zero attached hydrogens (tertiary/aromatic N) is 1. The van der Waals surface area contributed by atoms with E-state index in [1.54, 1.807) is 18.2 Å². The number of carbonyl (C=O) groups is 1. The lowest BCUT2D eigenvalue weighted by Crippen LogP contribution is -2.18. The molecule has 1 aromatic carbocycles. The Bertz CT molecular complexity index is 733. The van der Waals surface area contributed by atoms with Gasteiger partial charge in [-0.2, -0.15) is 5.10 Å². The molecule has 114 valence electrons. The Morgan fingerprint density at radius 3 is 2.91 bits per heavy atom. The Kier molecular flexibility index (Phi) is 3.00. The Morgan fingerprint density at radius 1 is 1.36 bits per heavy atom. The summed E-state index contributed by atoms with van der Waals surface area (Å²) in [5.74, 6) is 0.818. The lowest BCUT2D eigenvalue weighted by molar-refractivity contribution is -0.118. The lowest BCUT2D eigenvalue weighted by atomic mass is 10.1. The normalized spacial score (nSPS) is 25.8. The molecule has 2 fully saturated rings. The molecule has 2 aromatic rings. The number of aryl methyl sites for hydroxylation is 1. The molecular formula is C16H16FN3O2. The fraction of sp³-hybridized carbons (Fsp3) is 0.375. The summed E-state index contributed by atoms with van der Waals surface area (Å²) in [4.78, 5) is 12.2. The highest BCUT2D eigenvalue weighted by Gasteiger charge is 2.58. The van der Waals surface area contributed by atoms with E-state index in [4.69, 9.17) is 4.74 Å². The number of aromatic nitrogens is 2. The van der Waals surface area contributed by atoms with Crippen LogP contribution < -0.4 is 5.32 Å². The molecule has 1 unspecified atom stereocenters. The highest BCUT2D eigenvalue weighted by atomic mass is 19.1. The van der Waals surface area contributed by atoms with Crippen molar-refractivity contribution in [2.45, 2.75) is 6.92 Å². The number of fused-ring (bicyclic) bond motifs is 1. The standard InChI is InChI=1S/C16H16FN3O2/c1-8-2-3-12(17)9(4-8)13-5-14(20-19-13)18-16(21)15-10-6-22-7-11(10)15/h2-5,10-11,15H,6-7H2,1H3,(H2,18,19,20,21)/t10-,11+,15?. The molecule has 22 heavy (non-hydrogen) atoms. The molecule has 1 amide bonds. The van der Waals surface area contributed by atoms with Crippen molar-refractivity contribution in [3.05, 3.63) is 35.6 Å². The number of ether oxygens (including phenoxy) is 1. The average Bonchev–Trinajstić information content (AvgIpc) is 2.87. The molecular weight excluding hydrogens is 285 g/mol. The highest BCUT2D eigenvalue weighted by Crippen LogP contribution is 2.51. The number of nitrogens with one attached hydrogen (secondary N) is 2. The lowest BCUT2D eigenvalue weighted by Gasteiger charge is -2.03. The van der Waals surface area contributed by atoms with Crippen LogP contribution in [0.25, 0.3) is 11.3 Å². The van der Waals surface area contributed by atoms with Gasteiger partial charge in [-0.15, -0.1) is 0 Å². The summed E-state index contributed by atoms with van der Waals surface area (Å²) in [5.41, 5.74) is 1.96. The van der Waals surface area contributed by atoms with Crippen molar-refractivity contribution in [2.75, 3.05) is 18.5 Å². The molecule has 5 nitrogen and oxygen atoms in total. The van der Waals surface area contributed by atoms with E-state index in [0.29, 0.717) is 42.1 Å². The molecule has 1 saturated heterocycles. The molecule has 2 heterocycles. The molecule has 1 saturated carbocycles. The van der Waals surface area contributed by atoms with Crippen molar-refractivity contribution in [1.29, 1.82) is 0 Å². The van der Waals surface area contributed by atoms with Gasteiger partial charge in [-0.05, 0) is 30.9 Å². The van der Waals surface area contributed by atoms with Gasteiger partial charge in [0.25, 0.3) is 0 Å². The summed E-state index contributed by atoms with van der Waals surface area (Å²) in [6, 6.07) is 6.54. The Labute approximate surface area is 126 Å². The number of benzene rings is 1. The van der Waals surface area contributed by atoms with Gasteiger partial charge in [0.1, 0.15) is 5.82 Å². The maximum atomic E-state index is 13.9. The number of H-pyrrole nitrogens is 1. The number of carbonyl (C=O) groups excluding carboxylic acids is 1. The van der Waals surface area contributed by atoms with Gasteiger partial charge >= 0.3 is 0 Å². The number of hydrogen-bond donors (Lipinski definition) is 2. The smallest absolute Gasteiger partial charge is 0.229 e. The zero-order valence-electron chi connectivity index (χ0n) is 12.1. The fourth-order valence-corrected chi connectivity index (χ4v) is 3.21. The highest BCUT2D eigenvalue weighted by molar-refractivity contribution is 5.94. The van der Waals surface area contributed by atoms with E-state index in [1.807, 2.05) is 6.92 Å². The van der Waals surface area contributed by atoms with Crippen LogP contribution in [0.2, 0.25) is 0 Å². The Hall–Kier alpha value is -2.21. The van der Waals surface area contributed by atoms with E-state index in [9.17, 15) is 9.18 Å². The molecule has 1 aliphatic heterocycles. The van der Waals surface area contributed by atoms with Crippen LogP contribution in [-0.4, -0.2) is 29.3 Å². The van der Waals surface area contributed by atoms with Gasteiger partial charge < -0.3 is 10.1 Å². The van der Waals surface area contributed by atoms with E-state index >= 15 is 0 Å². The van der Waals surface area contributed by atoms with Crippen LogP contribution in [0.15, 0.2) is 24.3 Å². The minimum atomic E-state index is -0.319. The van der Waals surface area contributed by atoms with Crippen molar-refractivity contribution in [2.24, 2.45) is 17.8 Å². The molecule has 4 rings (SSSR count). The van der Waals surface area contributed by atoms with E-state index < -0.39 is 0 Å². The average molecular weight is 301 g/mol. The quantitative estimate of drug-likeness (QED) is 0.914. The van der Waals surface area contributed by atoms with Crippen LogP contribution >= 0.6 is 0 Å². The van der Waals surface area contributed by atoms with E-state index in [1.165, 1.54) is 6.07 Å². The second kappa shape index (κ2) is 4.91. The summed E-state index contributed by atoms with van der Waals surface area (Å²) >= 11 is 0. The first-order chi connectivity index (χ1) is 10.6. The monoisotopic (exact) mass is 301 g/mol. The predicted octanol–water partition coefficient (Wildman–Crippen LogP) is 2.36. The SMILES string of the molecule is Cc1ccc(F)c(-c2cc(NC(=O)C3[C@H]4COC[C@@H]34)n[nH]2)c1. The first-order valence-corrected chi connectivity index (χ1v) is 7.34. The molecule has 0 spiro atoms. The van der Waals surface area contributed by atoms with Crippen molar-refractivity contribution < 1.29 is 13.9 Å². The van der Waals surface area contributed by atoms with Crippen LogP contribution in [0.1, 0.15) is 5.56 Å². The molecule has 2 aliphatic rings. The van der Waals surface area contributed by atoms with E-state index in [-0.39, 0.29) is 17.6 Å². The summed E-state index contributed by atoms with van der Waals surface area (Å²) in [6.45, 7) is 3.24. The first kappa shape index (κ1) is 13.5. The number of halogens is 1. The number of rotatable bonds is 3. The first-order valence-electron chi connectivity index (χ1n) is 7.34. The largest absolute Gasteiger partial charge is 0.381 e. The predicted molar refractivity (Wildman–Crippen MR) is 78.6 cm³/mol.